The second-order valence-corrected chi connectivity index (χ2v) is 11.6. The van der Waals surface area contributed by atoms with Gasteiger partial charge in [-0.2, -0.15) is 4.31 Å². The number of rotatable bonds is 5. The van der Waals surface area contributed by atoms with E-state index in [9.17, 15) is 13.2 Å². The van der Waals surface area contributed by atoms with Gasteiger partial charge in [0.1, 0.15) is 5.82 Å². The first-order valence-corrected chi connectivity index (χ1v) is 12.9. The lowest BCUT2D eigenvalue weighted by Gasteiger charge is -2.41. The lowest BCUT2D eigenvalue weighted by molar-refractivity contribution is -0.158. The molecule has 0 radical (unpaired) electrons. The third kappa shape index (κ3) is 4.70. The summed E-state index contributed by atoms with van der Waals surface area (Å²) in [4.78, 5) is 19.7. The summed E-state index contributed by atoms with van der Waals surface area (Å²) in [7, 11) is -1.59. The van der Waals surface area contributed by atoms with Crippen LogP contribution in [0.2, 0.25) is 0 Å². The molecule has 0 N–H and O–H groups in total. The summed E-state index contributed by atoms with van der Waals surface area (Å²) in [5, 5.41) is 0. The van der Waals surface area contributed by atoms with E-state index in [1.807, 2.05) is 43.4 Å². The van der Waals surface area contributed by atoms with Crippen molar-refractivity contribution in [3.63, 3.8) is 0 Å². The lowest BCUT2D eigenvalue weighted by atomic mass is 10.0. The molecule has 1 unspecified atom stereocenters. The summed E-state index contributed by atoms with van der Waals surface area (Å²) >= 11 is 0. The van der Waals surface area contributed by atoms with Crippen LogP contribution in [-0.4, -0.2) is 71.0 Å². The van der Waals surface area contributed by atoms with Crippen LogP contribution in [0.25, 0.3) is 11.0 Å². The molecule has 2 aliphatic heterocycles. The first kappa shape index (κ1) is 23.2. The van der Waals surface area contributed by atoms with Crippen LogP contribution in [0.3, 0.4) is 0 Å². The van der Waals surface area contributed by atoms with Gasteiger partial charge in [-0.15, -0.1) is 0 Å². The van der Waals surface area contributed by atoms with Crippen LogP contribution in [0.1, 0.15) is 52.3 Å². The molecule has 0 aliphatic carbocycles. The number of carbonyl (C=O) groups is 1. The molecule has 8 nitrogen and oxygen atoms in total. The fourth-order valence-corrected chi connectivity index (χ4v) is 6.43. The van der Waals surface area contributed by atoms with Crippen LogP contribution in [0.5, 0.6) is 0 Å². The number of piperidine rings is 1. The highest BCUT2D eigenvalue weighted by molar-refractivity contribution is 7.89. The average Bonchev–Trinajstić information content (AvgIpc) is 3.06. The van der Waals surface area contributed by atoms with Crippen molar-refractivity contribution in [3.05, 3.63) is 24.0 Å². The maximum atomic E-state index is 13.0. The van der Waals surface area contributed by atoms with E-state index in [0.717, 1.165) is 30.6 Å². The average molecular weight is 463 g/mol. The summed E-state index contributed by atoms with van der Waals surface area (Å²) in [6.07, 6.45) is 3.76. The van der Waals surface area contributed by atoms with E-state index < -0.39 is 10.0 Å². The Balaban J connectivity index is 1.49. The van der Waals surface area contributed by atoms with Gasteiger partial charge in [-0.05, 0) is 51.8 Å². The minimum atomic E-state index is -3.50. The Morgan fingerprint density at radius 3 is 2.62 bits per heavy atom. The van der Waals surface area contributed by atoms with Crippen LogP contribution in [0.15, 0.2) is 23.1 Å². The third-order valence-corrected chi connectivity index (χ3v) is 8.28. The molecule has 0 spiro atoms. The molecule has 1 aromatic carbocycles. The molecular weight excluding hydrogens is 428 g/mol. The van der Waals surface area contributed by atoms with Gasteiger partial charge >= 0.3 is 0 Å². The zero-order chi connectivity index (χ0) is 23.1. The Hall–Kier alpha value is -1.97. The van der Waals surface area contributed by atoms with E-state index in [1.54, 1.807) is 16.4 Å². The third-order valence-electron chi connectivity index (χ3n) is 6.38. The van der Waals surface area contributed by atoms with Crippen LogP contribution in [-0.2, 0) is 33.0 Å². The molecule has 1 amide bonds. The topological polar surface area (TPSA) is 84.7 Å². The molecule has 2 aromatic rings. The standard InChI is InChI=1S/C23H34N4O4S/c1-17-15-26(16-23(2,3)31-17)22(28)11-10-21-24-19-14-18(8-9-20(19)25(21)4)32(29,30)27-12-6-5-7-13-27/h8-9,14,17H,5-7,10-13,15-16H2,1-4H3. The van der Waals surface area contributed by atoms with Crippen LogP contribution in [0.4, 0.5) is 0 Å². The summed E-state index contributed by atoms with van der Waals surface area (Å²) < 4.78 is 35.5. The minimum absolute atomic E-state index is 0.0127. The minimum Gasteiger partial charge on any atom is -0.369 e. The zero-order valence-electron chi connectivity index (χ0n) is 19.5. The summed E-state index contributed by atoms with van der Waals surface area (Å²) in [5.41, 5.74) is 1.17. The Morgan fingerprint density at radius 2 is 1.94 bits per heavy atom. The van der Waals surface area contributed by atoms with Gasteiger partial charge in [0.05, 0.1) is 27.6 Å². The Kier molecular flexibility index (Phi) is 6.35. The first-order chi connectivity index (χ1) is 15.1. The van der Waals surface area contributed by atoms with E-state index in [0.29, 0.717) is 44.5 Å². The number of hydrogen-bond acceptors (Lipinski definition) is 5. The number of nitrogens with zero attached hydrogens (tertiary/aromatic N) is 4. The monoisotopic (exact) mass is 462 g/mol. The van der Waals surface area contributed by atoms with Crippen molar-refractivity contribution in [2.75, 3.05) is 26.2 Å². The van der Waals surface area contributed by atoms with Gasteiger partial charge in [0.2, 0.25) is 15.9 Å². The van der Waals surface area contributed by atoms with Gasteiger partial charge < -0.3 is 14.2 Å². The van der Waals surface area contributed by atoms with Crippen molar-refractivity contribution in [3.8, 4) is 0 Å². The van der Waals surface area contributed by atoms with Gasteiger partial charge in [-0.3, -0.25) is 4.79 Å². The van der Waals surface area contributed by atoms with E-state index in [4.69, 9.17) is 4.74 Å². The van der Waals surface area contributed by atoms with Gasteiger partial charge in [-0.25, -0.2) is 13.4 Å². The van der Waals surface area contributed by atoms with Gasteiger partial charge in [0, 0.05) is 46.1 Å². The molecule has 2 saturated heterocycles. The quantitative estimate of drug-likeness (QED) is 0.682. The molecule has 4 rings (SSSR count). The maximum absolute atomic E-state index is 13.0. The lowest BCUT2D eigenvalue weighted by Crippen LogP contribution is -2.53. The van der Waals surface area contributed by atoms with Crippen molar-refractivity contribution in [1.82, 2.24) is 18.8 Å². The Labute approximate surface area is 190 Å². The molecule has 2 aliphatic rings. The molecule has 3 heterocycles. The summed E-state index contributed by atoms with van der Waals surface area (Å²) in [6.45, 7) is 8.33. The maximum Gasteiger partial charge on any atom is 0.243 e. The number of morpholine rings is 1. The van der Waals surface area contributed by atoms with E-state index in [2.05, 4.69) is 4.98 Å². The molecule has 32 heavy (non-hydrogen) atoms. The fourth-order valence-electron chi connectivity index (χ4n) is 4.89. The molecule has 176 valence electrons. The van der Waals surface area contributed by atoms with Crippen LogP contribution < -0.4 is 0 Å². The van der Waals surface area contributed by atoms with Crippen LogP contribution >= 0.6 is 0 Å². The normalized spacial score (nSPS) is 22.4. The van der Waals surface area contributed by atoms with Crippen molar-refractivity contribution in [2.24, 2.45) is 7.05 Å². The number of ether oxygens (including phenoxy) is 1. The molecule has 1 atom stereocenters. The number of fused-ring (bicyclic) bond motifs is 1. The summed E-state index contributed by atoms with van der Waals surface area (Å²) in [5.74, 6) is 0.870. The number of aryl methyl sites for hydroxylation is 2. The highest BCUT2D eigenvalue weighted by Crippen LogP contribution is 2.25. The Morgan fingerprint density at radius 1 is 1.22 bits per heavy atom. The zero-order valence-corrected chi connectivity index (χ0v) is 20.3. The molecule has 9 heteroatoms. The molecule has 2 fully saturated rings. The van der Waals surface area contributed by atoms with Crippen molar-refractivity contribution < 1.29 is 17.9 Å². The van der Waals surface area contributed by atoms with E-state index in [1.165, 1.54) is 0 Å². The summed E-state index contributed by atoms with van der Waals surface area (Å²) in [6, 6.07) is 5.15. The van der Waals surface area contributed by atoms with Crippen molar-refractivity contribution >= 4 is 27.0 Å². The molecule has 0 saturated carbocycles. The van der Waals surface area contributed by atoms with E-state index >= 15 is 0 Å². The van der Waals surface area contributed by atoms with E-state index in [-0.39, 0.29) is 22.5 Å². The smallest absolute Gasteiger partial charge is 0.243 e. The van der Waals surface area contributed by atoms with Crippen LogP contribution in [0, 0.1) is 0 Å². The van der Waals surface area contributed by atoms with Gasteiger partial charge in [-0.1, -0.05) is 6.42 Å². The second-order valence-electron chi connectivity index (χ2n) is 9.66. The SMILES string of the molecule is CC1CN(C(=O)CCc2nc3cc(S(=O)(=O)N4CCCCC4)ccc3n2C)CC(C)(C)O1. The van der Waals surface area contributed by atoms with Crippen molar-refractivity contribution in [1.29, 1.82) is 0 Å². The highest BCUT2D eigenvalue weighted by atomic mass is 32.2. The number of benzene rings is 1. The Bertz CT molecular complexity index is 1100. The first-order valence-electron chi connectivity index (χ1n) is 11.5. The van der Waals surface area contributed by atoms with Gasteiger partial charge in [0.25, 0.3) is 0 Å². The largest absolute Gasteiger partial charge is 0.369 e. The number of carbonyl (C=O) groups excluding carboxylic acids is 1. The number of amides is 1. The number of hydrogen-bond donors (Lipinski definition) is 0. The number of sulfonamides is 1. The second kappa shape index (κ2) is 8.76. The molecular formula is C23H34N4O4S. The fraction of sp³-hybridized carbons (Fsp3) is 0.652. The predicted molar refractivity (Wildman–Crippen MR) is 123 cm³/mol. The number of imidazole rings is 1. The molecule has 0 bridgehead atoms. The highest BCUT2D eigenvalue weighted by Gasteiger charge is 2.33. The number of aromatic nitrogens is 2. The predicted octanol–water partition coefficient (Wildman–Crippen LogP) is 2.71. The molecule has 1 aromatic heterocycles. The van der Waals surface area contributed by atoms with Gasteiger partial charge in [0.15, 0.2) is 0 Å². The van der Waals surface area contributed by atoms with Crippen molar-refractivity contribution in [2.45, 2.75) is 69.5 Å².